The molecule has 4 nitrogen and oxygen atoms in total. The van der Waals surface area contributed by atoms with E-state index in [9.17, 15) is 4.79 Å². The molecule has 1 amide bonds. The van der Waals surface area contributed by atoms with Crippen molar-refractivity contribution in [1.29, 1.82) is 0 Å². The molecule has 10 heavy (non-hydrogen) atoms. The van der Waals surface area contributed by atoms with Gasteiger partial charge in [-0.1, -0.05) is 11.8 Å². The second-order valence-corrected chi connectivity index (χ2v) is 2.71. The number of hydrogen-bond donors (Lipinski definition) is 2. The number of carbonyl (C=O) groups is 1. The quantitative estimate of drug-likeness (QED) is 0.556. The second kappa shape index (κ2) is 3.58. The number of aliphatic imine (C=N–C) groups is 1. The molecule has 0 aromatic heterocycles. The van der Waals surface area contributed by atoms with Gasteiger partial charge >= 0.3 is 0 Å². The number of carbonyl (C=O) groups excluding carboxylic acids is 1. The lowest BCUT2D eigenvalue weighted by molar-refractivity contribution is -0.116. The van der Waals surface area contributed by atoms with Crippen LogP contribution in [0.3, 0.4) is 0 Å². The van der Waals surface area contributed by atoms with Crippen LogP contribution >= 0.6 is 11.8 Å². The van der Waals surface area contributed by atoms with E-state index in [1.807, 2.05) is 0 Å². The predicted molar refractivity (Wildman–Crippen MR) is 40.0 cm³/mol. The molecule has 0 spiro atoms. The van der Waals surface area contributed by atoms with Gasteiger partial charge in [0, 0.05) is 0 Å². The first-order valence-electron chi connectivity index (χ1n) is 2.91. The summed E-state index contributed by atoms with van der Waals surface area (Å²) < 4.78 is 0. The molecule has 0 atom stereocenters. The van der Waals surface area contributed by atoms with E-state index in [2.05, 4.69) is 10.3 Å². The largest absolute Gasteiger partial charge is 0.394 e. The molecule has 56 valence electrons. The zero-order valence-electron chi connectivity index (χ0n) is 5.33. The van der Waals surface area contributed by atoms with Crippen molar-refractivity contribution in [2.24, 2.45) is 4.99 Å². The molecule has 1 saturated heterocycles. The van der Waals surface area contributed by atoms with E-state index in [0.717, 1.165) is 0 Å². The maximum Gasteiger partial charge on any atom is 0.236 e. The van der Waals surface area contributed by atoms with Crippen molar-refractivity contribution in [1.82, 2.24) is 5.32 Å². The maximum absolute atomic E-state index is 10.5. The van der Waals surface area contributed by atoms with Crippen molar-refractivity contribution in [3.8, 4) is 0 Å². The van der Waals surface area contributed by atoms with Gasteiger partial charge < -0.3 is 10.4 Å². The highest BCUT2D eigenvalue weighted by Crippen LogP contribution is 2.07. The van der Waals surface area contributed by atoms with Crippen molar-refractivity contribution in [3.63, 3.8) is 0 Å². The summed E-state index contributed by atoms with van der Waals surface area (Å²) in [5.74, 6) is 0.436. The highest BCUT2D eigenvalue weighted by molar-refractivity contribution is 8.15. The standard InChI is InChI=1S/C5H8N2O2S/c8-2-1-6-5-7-4(9)3-10-5/h8H,1-3H2,(H,6,7,9). The van der Waals surface area contributed by atoms with Crippen LogP contribution in [0.5, 0.6) is 0 Å². The van der Waals surface area contributed by atoms with Crippen molar-refractivity contribution in [2.45, 2.75) is 0 Å². The summed E-state index contributed by atoms with van der Waals surface area (Å²) in [6.07, 6.45) is 0. The summed E-state index contributed by atoms with van der Waals surface area (Å²) in [5.41, 5.74) is 0. The number of aliphatic hydroxyl groups excluding tert-OH is 1. The molecule has 1 fully saturated rings. The van der Waals surface area contributed by atoms with Crippen LogP contribution in [0.25, 0.3) is 0 Å². The Morgan fingerprint density at radius 2 is 2.60 bits per heavy atom. The van der Waals surface area contributed by atoms with Crippen LogP contribution in [-0.4, -0.2) is 35.1 Å². The summed E-state index contributed by atoms with van der Waals surface area (Å²) >= 11 is 1.37. The first kappa shape index (κ1) is 7.56. The van der Waals surface area contributed by atoms with E-state index in [-0.39, 0.29) is 12.5 Å². The number of amidine groups is 1. The van der Waals surface area contributed by atoms with Gasteiger partial charge in [0.25, 0.3) is 0 Å². The van der Waals surface area contributed by atoms with Crippen LogP contribution in [-0.2, 0) is 4.79 Å². The first-order valence-corrected chi connectivity index (χ1v) is 3.89. The van der Waals surface area contributed by atoms with E-state index >= 15 is 0 Å². The van der Waals surface area contributed by atoms with Gasteiger partial charge in [-0.25, -0.2) is 0 Å². The Hall–Kier alpha value is -0.550. The maximum atomic E-state index is 10.5. The van der Waals surface area contributed by atoms with Crippen LogP contribution < -0.4 is 5.32 Å². The lowest BCUT2D eigenvalue weighted by Gasteiger charge is -1.91. The second-order valence-electron chi connectivity index (χ2n) is 1.75. The molecule has 0 aromatic rings. The number of hydrogen-bond acceptors (Lipinski definition) is 4. The molecule has 0 aromatic carbocycles. The molecule has 0 aliphatic carbocycles. The van der Waals surface area contributed by atoms with Crippen LogP contribution in [0.15, 0.2) is 4.99 Å². The van der Waals surface area contributed by atoms with Crippen molar-refractivity contribution < 1.29 is 9.90 Å². The van der Waals surface area contributed by atoms with Gasteiger partial charge in [-0.05, 0) is 0 Å². The number of aliphatic hydroxyl groups is 1. The Bertz CT molecular complexity index is 169. The topological polar surface area (TPSA) is 61.7 Å². The van der Waals surface area contributed by atoms with Crippen molar-refractivity contribution in [3.05, 3.63) is 0 Å². The highest BCUT2D eigenvalue weighted by atomic mass is 32.2. The van der Waals surface area contributed by atoms with Crippen molar-refractivity contribution in [2.75, 3.05) is 18.9 Å². The van der Waals surface area contributed by atoms with E-state index in [0.29, 0.717) is 17.5 Å². The molecule has 2 N–H and O–H groups in total. The normalized spacial score (nSPS) is 21.7. The molecule has 0 bridgehead atoms. The Balaban J connectivity index is 2.36. The Morgan fingerprint density at radius 3 is 3.10 bits per heavy atom. The number of thioether (sulfide) groups is 1. The monoisotopic (exact) mass is 160 g/mol. The molecule has 0 unspecified atom stereocenters. The fourth-order valence-electron chi connectivity index (χ4n) is 0.562. The highest BCUT2D eigenvalue weighted by Gasteiger charge is 2.15. The fourth-order valence-corrected chi connectivity index (χ4v) is 1.27. The average molecular weight is 160 g/mol. The van der Waals surface area contributed by atoms with Crippen LogP contribution in [0, 0.1) is 0 Å². The van der Waals surface area contributed by atoms with Gasteiger partial charge in [-0.2, -0.15) is 0 Å². The zero-order chi connectivity index (χ0) is 7.40. The molecular formula is C5H8N2O2S. The van der Waals surface area contributed by atoms with Crippen LogP contribution in [0.1, 0.15) is 0 Å². The van der Waals surface area contributed by atoms with Gasteiger partial charge in [0.05, 0.1) is 18.9 Å². The lowest BCUT2D eigenvalue weighted by Crippen LogP contribution is -2.20. The molecule has 0 saturated carbocycles. The first-order chi connectivity index (χ1) is 4.83. The van der Waals surface area contributed by atoms with E-state index in [1.54, 1.807) is 0 Å². The van der Waals surface area contributed by atoms with Crippen molar-refractivity contribution >= 4 is 22.8 Å². The van der Waals surface area contributed by atoms with Gasteiger partial charge in [-0.15, -0.1) is 0 Å². The molecule has 1 rings (SSSR count). The average Bonchev–Trinajstić information content (AvgIpc) is 2.31. The van der Waals surface area contributed by atoms with Gasteiger partial charge in [0.2, 0.25) is 5.91 Å². The third kappa shape index (κ3) is 2.00. The third-order valence-corrected chi connectivity index (χ3v) is 1.85. The predicted octanol–water partition coefficient (Wildman–Crippen LogP) is -0.802. The number of rotatable bonds is 2. The SMILES string of the molecule is O=C1CSC(=NCCO)N1. The summed E-state index contributed by atoms with van der Waals surface area (Å²) in [6.45, 7) is 0.391. The number of nitrogens with one attached hydrogen (secondary N) is 1. The molecule has 5 heteroatoms. The molecular weight excluding hydrogens is 152 g/mol. The van der Waals surface area contributed by atoms with Crippen LogP contribution in [0.4, 0.5) is 0 Å². The fraction of sp³-hybridized carbons (Fsp3) is 0.600. The molecule has 1 heterocycles. The minimum Gasteiger partial charge on any atom is -0.394 e. The van der Waals surface area contributed by atoms with Crippen LogP contribution in [0.2, 0.25) is 0 Å². The molecule has 1 aliphatic rings. The smallest absolute Gasteiger partial charge is 0.236 e. The molecule has 0 radical (unpaired) electrons. The zero-order valence-corrected chi connectivity index (χ0v) is 6.15. The van der Waals surface area contributed by atoms with E-state index < -0.39 is 0 Å². The molecule has 1 aliphatic heterocycles. The summed E-state index contributed by atoms with van der Waals surface area (Å²) in [7, 11) is 0. The summed E-state index contributed by atoms with van der Waals surface area (Å²) in [5, 5.41) is 11.5. The van der Waals surface area contributed by atoms with E-state index in [1.165, 1.54) is 11.8 Å². The van der Waals surface area contributed by atoms with E-state index in [4.69, 9.17) is 5.11 Å². The van der Waals surface area contributed by atoms with Gasteiger partial charge in [0.1, 0.15) is 0 Å². The minimum absolute atomic E-state index is 0.0123. The third-order valence-electron chi connectivity index (χ3n) is 0.942. The summed E-state index contributed by atoms with van der Waals surface area (Å²) in [6, 6.07) is 0. The Labute approximate surface area is 62.7 Å². The Kier molecular flexibility index (Phi) is 2.70. The number of amides is 1. The number of nitrogens with zero attached hydrogens (tertiary/aromatic N) is 1. The van der Waals surface area contributed by atoms with Gasteiger partial charge in [0.15, 0.2) is 5.17 Å². The Morgan fingerprint density at radius 1 is 1.80 bits per heavy atom. The lowest BCUT2D eigenvalue weighted by atomic mass is 10.7. The van der Waals surface area contributed by atoms with Gasteiger partial charge in [-0.3, -0.25) is 9.79 Å². The minimum atomic E-state index is -0.0123. The summed E-state index contributed by atoms with van der Waals surface area (Å²) in [4.78, 5) is 14.4.